The van der Waals surface area contributed by atoms with Gasteiger partial charge in [-0.15, -0.1) is 0 Å². The van der Waals surface area contributed by atoms with Crippen molar-refractivity contribution in [3.8, 4) is 0 Å². The SMILES string of the molecule is CCN(CCc1ccncc1)C1=C(c2ccc(C)cc2)C(=O)N(C2CCCCCC2)C1=O. The molecular weight excluding hydrogens is 398 g/mol. The van der Waals surface area contributed by atoms with E-state index in [1.165, 1.54) is 18.4 Å². The van der Waals surface area contributed by atoms with Crippen molar-refractivity contribution in [3.63, 3.8) is 0 Å². The molecule has 168 valence electrons. The first-order chi connectivity index (χ1) is 15.6. The zero-order chi connectivity index (χ0) is 22.5. The van der Waals surface area contributed by atoms with E-state index < -0.39 is 0 Å². The highest BCUT2D eigenvalue weighted by Gasteiger charge is 2.44. The van der Waals surface area contributed by atoms with Crippen molar-refractivity contribution in [1.82, 2.24) is 14.8 Å². The minimum atomic E-state index is -0.122. The second-order valence-corrected chi connectivity index (χ2v) is 8.90. The van der Waals surface area contributed by atoms with Gasteiger partial charge in [0.15, 0.2) is 0 Å². The van der Waals surface area contributed by atoms with Crippen LogP contribution < -0.4 is 0 Å². The second kappa shape index (κ2) is 10.1. The van der Waals surface area contributed by atoms with Crippen molar-refractivity contribution in [2.75, 3.05) is 13.1 Å². The average molecular weight is 432 g/mol. The highest BCUT2D eigenvalue weighted by molar-refractivity contribution is 6.35. The molecule has 5 heteroatoms. The van der Waals surface area contributed by atoms with E-state index in [0.717, 1.165) is 43.2 Å². The van der Waals surface area contributed by atoms with Gasteiger partial charge < -0.3 is 4.90 Å². The molecule has 32 heavy (non-hydrogen) atoms. The Morgan fingerprint density at radius 3 is 2.22 bits per heavy atom. The van der Waals surface area contributed by atoms with Crippen LogP contribution in [0, 0.1) is 6.92 Å². The molecule has 1 aliphatic carbocycles. The first-order valence-electron chi connectivity index (χ1n) is 11.9. The van der Waals surface area contributed by atoms with Crippen molar-refractivity contribution in [2.45, 2.75) is 64.8 Å². The van der Waals surface area contributed by atoms with E-state index in [4.69, 9.17) is 0 Å². The summed E-state index contributed by atoms with van der Waals surface area (Å²) in [5.74, 6) is -0.239. The zero-order valence-electron chi connectivity index (χ0n) is 19.2. The first-order valence-corrected chi connectivity index (χ1v) is 11.9. The predicted molar refractivity (Wildman–Crippen MR) is 127 cm³/mol. The Labute approximate surface area is 191 Å². The molecule has 2 aromatic rings. The lowest BCUT2D eigenvalue weighted by Gasteiger charge is -2.28. The number of hydrogen-bond donors (Lipinski definition) is 0. The summed E-state index contributed by atoms with van der Waals surface area (Å²) in [4.78, 5) is 35.3. The van der Waals surface area contributed by atoms with Gasteiger partial charge in [-0.05, 0) is 56.4 Å². The van der Waals surface area contributed by atoms with Crippen molar-refractivity contribution >= 4 is 17.4 Å². The molecule has 0 radical (unpaired) electrons. The maximum atomic E-state index is 13.8. The lowest BCUT2D eigenvalue weighted by molar-refractivity contribution is -0.140. The van der Waals surface area contributed by atoms with Crippen LogP contribution >= 0.6 is 0 Å². The van der Waals surface area contributed by atoms with Gasteiger partial charge in [0, 0.05) is 31.5 Å². The molecule has 0 bridgehead atoms. The number of carbonyl (C=O) groups is 2. The Bertz CT molecular complexity index is 974. The second-order valence-electron chi connectivity index (χ2n) is 8.90. The summed E-state index contributed by atoms with van der Waals surface area (Å²) in [5, 5.41) is 0. The van der Waals surface area contributed by atoms with E-state index >= 15 is 0 Å². The standard InChI is InChI=1S/C27H33N3O2/c1-3-29(19-16-21-14-17-28-18-15-21)25-24(22-12-10-20(2)11-13-22)26(31)30(27(25)32)23-8-6-4-5-7-9-23/h10-15,17-18,23H,3-9,16,19H2,1-2H3. The maximum Gasteiger partial charge on any atom is 0.278 e. The quantitative estimate of drug-likeness (QED) is 0.469. The molecule has 1 aliphatic heterocycles. The minimum Gasteiger partial charge on any atom is -0.366 e. The Balaban J connectivity index is 1.69. The Morgan fingerprint density at radius 2 is 1.59 bits per heavy atom. The van der Waals surface area contributed by atoms with Crippen LogP contribution in [0.2, 0.25) is 0 Å². The van der Waals surface area contributed by atoms with Gasteiger partial charge in [-0.25, -0.2) is 0 Å². The summed E-state index contributed by atoms with van der Waals surface area (Å²) >= 11 is 0. The molecule has 2 heterocycles. The Morgan fingerprint density at radius 1 is 0.938 bits per heavy atom. The summed E-state index contributed by atoms with van der Waals surface area (Å²) in [5.41, 5.74) is 4.28. The topological polar surface area (TPSA) is 53.5 Å². The third-order valence-electron chi connectivity index (χ3n) is 6.74. The van der Waals surface area contributed by atoms with Gasteiger partial charge >= 0.3 is 0 Å². The molecule has 1 aromatic heterocycles. The van der Waals surface area contributed by atoms with Crippen LogP contribution in [0.15, 0.2) is 54.5 Å². The van der Waals surface area contributed by atoms with E-state index in [9.17, 15) is 9.59 Å². The van der Waals surface area contributed by atoms with E-state index in [-0.39, 0.29) is 17.9 Å². The van der Waals surface area contributed by atoms with E-state index in [1.54, 1.807) is 17.3 Å². The third kappa shape index (κ3) is 4.62. The van der Waals surface area contributed by atoms with Gasteiger partial charge in [-0.2, -0.15) is 0 Å². The number of amides is 2. The summed E-state index contributed by atoms with van der Waals surface area (Å²) in [6.45, 7) is 5.44. The van der Waals surface area contributed by atoms with Crippen LogP contribution in [0.5, 0.6) is 0 Å². The number of benzene rings is 1. The fourth-order valence-electron chi connectivity index (χ4n) is 4.90. The summed E-state index contributed by atoms with van der Waals surface area (Å²) in [6, 6.07) is 12.0. The minimum absolute atomic E-state index is 0.00866. The average Bonchev–Trinajstić information content (AvgIpc) is 2.97. The normalized spacial score (nSPS) is 17.8. The lowest BCUT2D eigenvalue weighted by atomic mass is 10.0. The smallest absolute Gasteiger partial charge is 0.278 e. The van der Waals surface area contributed by atoms with Crippen LogP contribution in [-0.2, 0) is 16.0 Å². The van der Waals surface area contributed by atoms with Gasteiger partial charge in [0.1, 0.15) is 5.70 Å². The zero-order valence-corrected chi connectivity index (χ0v) is 19.2. The molecule has 1 saturated carbocycles. The van der Waals surface area contributed by atoms with Crippen LogP contribution in [0.25, 0.3) is 5.57 Å². The van der Waals surface area contributed by atoms with Gasteiger partial charge in [0.25, 0.3) is 11.8 Å². The molecule has 0 unspecified atom stereocenters. The van der Waals surface area contributed by atoms with Gasteiger partial charge in [0.2, 0.25) is 0 Å². The fourth-order valence-corrected chi connectivity index (χ4v) is 4.90. The highest BCUT2D eigenvalue weighted by Crippen LogP contribution is 2.36. The molecule has 1 aromatic carbocycles. The first kappa shape index (κ1) is 22.3. The lowest BCUT2D eigenvalue weighted by Crippen LogP contribution is -2.42. The molecule has 0 atom stereocenters. The highest BCUT2D eigenvalue weighted by atomic mass is 16.2. The van der Waals surface area contributed by atoms with Crippen molar-refractivity contribution in [1.29, 1.82) is 0 Å². The molecule has 0 N–H and O–H groups in total. The Kier molecular flexibility index (Phi) is 7.03. The van der Waals surface area contributed by atoms with Crippen LogP contribution in [-0.4, -0.2) is 45.7 Å². The number of rotatable bonds is 7. The summed E-state index contributed by atoms with van der Waals surface area (Å²) < 4.78 is 0. The van der Waals surface area contributed by atoms with Crippen molar-refractivity contribution < 1.29 is 9.59 Å². The number of carbonyl (C=O) groups excluding carboxylic acids is 2. The molecular formula is C27H33N3O2. The number of imide groups is 1. The molecule has 5 nitrogen and oxygen atoms in total. The molecule has 0 saturated heterocycles. The van der Waals surface area contributed by atoms with Gasteiger partial charge in [0.05, 0.1) is 5.57 Å². The number of likely N-dealkylation sites (N-methyl/N-ethyl adjacent to an activating group) is 1. The van der Waals surface area contributed by atoms with Gasteiger partial charge in [-0.3, -0.25) is 19.5 Å². The molecule has 2 aliphatic rings. The summed E-state index contributed by atoms with van der Waals surface area (Å²) in [6.07, 6.45) is 10.7. The van der Waals surface area contributed by atoms with E-state index in [1.807, 2.05) is 43.3 Å². The van der Waals surface area contributed by atoms with Crippen LogP contribution in [0.4, 0.5) is 0 Å². The van der Waals surface area contributed by atoms with E-state index in [0.29, 0.717) is 24.4 Å². The number of nitrogens with zero attached hydrogens (tertiary/aromatic N) is 3. The maximum absolute atomic E-state index is 13.8. The monoisotopic (exact) mass is 431 g/mol. The number of hydrogen-bond acceptors (Lipinski definition) is 4. The van der Waals surface area contributed by atoms with E-state index in [2.05, 4.69) is 16.8 Å². The van der Waals surface area contributed by atoms with Gasteiger partial charge in [-0.1, -0.05) is 55.5 Å². The molecule has 1 fully saturated rings. The van der Waals surface area contributed by atoms with Crippen LogP contribution in [0.3, 0.4) is 0 Å². The molecule has 2 amide bonds. The summed E-state index contributed by atoms with van der Waals surface area (Å²) in [7, 11) is 0. The Hall–Kier alpha value is -2.95. The van der Waals surface area contributed by atoms with Crippen molar-refractivity contribution in [3.05, 3.63) is 71.2 Å². The van der Waals surface area contributed by atoms with Crippen LogP contribution in [0.1, 0.15) is 62.1 Å². The third-order valence-corrected chi connectivity index (χ3v) is 6.74. The largest absolute Gasteiger partial charge is 0.366 e. The molecule has 0 spiro atoms. The molecule has 4 rings (SSSR count). The van der Waals surface area contributed by atoms with Crippen molar-refractivity contribution in [2.24, 2.45) is 0 Å². The fraction of sp³-hybridized carbons (Fsp3) is 0.444. The number of aryl methyl sites for hydroxylation is 1. The predicted octanol–water partition coefficient (Wildman–Crippen LogP) is 4.76. The number of pyridine rings is 1. The number of aromatic nitrogens is 1.